The van der Waals surface area contributed by atoms with E-state index in [-0.39, 0.29) is 5.88 Å². The van der Waals surface area contributed by atoms with Crippen molar-refractivity contribution in [1.82, 2.24) is 4.98 Å². The van der Waals surface area contributed by atoms with E-state index in [0.717, 1.165) is 17.4 Å². The Labute approximate surface area is 134 Å². The topological polar surface area (TPSA) is 72.2 Å². The van der Waals surface area contributed by atoms with E-state index in [1.54, 1.807) is 18.2 Å². The molecule has 5 nitrogen and oxygen atoms in total. The van der Waals surface area contributed by atoms with Crippen LogP contribution < -0.4 is 9.47 Å². The van der Waals surface area contributed by atoms with E-state index in [4.69, 9.17) is 14.7 Å². The third kappa shape index (κ3) is 3.22. The molecular formula is C18H16N2O3. The number of rotatable bonds is 5. The molecule has 23 heavy (non-hydrogen) atoms. The molecule has 0 aliphatic heterocycles. The number of ether oxygens (including phenoxy) is 2. The molecule has 0 aliphatic rings. The van der Waals surface area contributed by atoms with Gasteiger partial charge in [-0.05, 0) is 31.2 Å². The number of carbonyl (C=O) groups excluding carboxylic acids is 1. The summed E-state index contributed by atoms with van der Waals surface area (Å²) >= 11 is 0. The third-order valence-corrected chi connectivity index (χ3v) is 3.29. The number of hydrogen-bond donors (Lipinski definition) is 0. The third-order valence-electron chi connectivity index (χ3n) is 3.29. The second kappa shape index (κ2) is 7.23. The average Bonchev–Trinajstić information content (AvgIpc) is 2.60. The van der Waals surface area contributed by atoms with Gasteiger partial charge in [0.2, 0.25) is 5.88 Å². The summed E-state index contributed by atoms with van der Waals surface area (Å²) in [6.45, 7) is 1.88. The Morgan fingerprint density at radius 1 is 1.17 bits per heavy atom. The van der Waals surface area contributed by atoms with Crippen molar-refractivity contribution in [3.63, 3.8) is 0 Å². The van der Waals surface area contributed by atoms with Crippen LogP contribution in [0.2, 0.25) is 0 Å². The van der Waals surface area contributed by atoms with Crippen molar-refractivity contribution in [1.29, 1.82) is 5.26 Å². The first kappa shape index (κ1) is 16.2. The van der Waals surface area contributed by atoms with Crippen LogP contribution in [-0.4, -0.2) is 25.5 Å². The van der Waals surface area contributed by atoms with Crippen molar-refractivity contribution in [3.05, 3.63) is 47.0 Å². The summed E-state index contributed by atoms with van der Waals surface area (Å²) in [5.74, 6) is 0.767. The van der Waals surface area contributed by atoms with Crippen LogP contribution in [0.5, 0.6) is 11.6 Å². The van der Waals surface area contributed by atoms with Gasteiger partial charge in [0.1, 0.15) is 17.4 Å². The zero-order valence-corrected chi connectivity index (χ0v) is 13.2. The zero-order chi connectivity index (χ0) is 16.8. The van der Waals surface area contributed by atoms with Crippen LogP contribution in [0.3, 0.4) is 0 Å². The quantitative estimate of drug-likeness (QED) is 0.791. The van der Waals surface area contributed by atoms with E-state index in [1.165, 1.54) is 14.2 Å². The van der Waals surface area contributed by atoms with Crippen LogP contribution in [0.15, 0.2) is 30.3 Å². The van der Waals surface area contributed by atoms with Crippen molar-refractivity contribution in [2.24, 2.45) is 0 Å². The molecule has 0 saturated carbocycles. The monoisotopic (exact) mass is 308 g/mol. The summed E-state index contributed by atoms with van der Waals surface area (Å²) in [4.78, 5) is 15.7. The molecule has 0 N–H and O–H groups in total. The van der Waals surface area contributed by atoms with Gasteiger partial charge in [-0.2, -0.15) is 5.26 Å². The van der Waals surface area contributed by atoms with Crippen molar-refractivity contribution in [2.45, 2.75) is 6.92 Å². The molecule has 0 unspecified atom stereocenters. The summed E-state index contributed by atoms with van der Waals surface area (Å²) in [5, 5.41) is 9.03. The number of allylic oxidation sites excluding steroid dienone is 1. The minimum absolute atomic E-state index is 0.251. The predicted octanol–water partition coefficient (Wildman–Crippen LogP) is 3.48. The summed E-state index contributed by atoms with van der Waals surface area (Å²) < 4.78 is 10.5. The summed E-state index contributed by atoms with van der Waals surface area (Å²) in [6.07, 6.45) is 4.47. The molecule has 1 aromatic heterocycles. The van der Waals surface area contributed by atoms with Crippen molar-refractivity contribution >= 4 is 12.4 Å². The molecular weight excluding hydrogens is 292 g/mol. The maximum absolute atomic E-state index is 11.4. The Balaban J connectivity index is 2.66. The van der Waals surface area contributed by atoms with Gasteiger partial charge in [-0.3, -0.25) is 4.79 Å². The Morgan fingerprint density at radius 3 is 2.48 bits per heavy atom. The first-order chi connectivity index (χ1) is 11.2. The summed E-state index contributed by atoms with van der Waals surface area (Å²) in [5.41, 5.74) is 2.91. The van der Waals surface area contributed by atoms with E-state index in [9.17, 15) is 4.79 Å². The number of nitrogens with zero attached hydrogens (tertiary/aromatic N) is 2. The number of nitriles is 1. The molecule has 0 bridgehead atoms. The molecule has 5 heteroatoms. The lowest BCUT2D eigenvalue weighted by molar-refractivity contribution is 0.112. The molecule has 0 saturated heterocycles. The molecule has 2 aromatic rings. The van der Waals surface area contributed by atoms with Crippen LogP contribution in [0.1, 0.15) is 28.4 Å². The lowest BCUT2D eigenvalue weighted by Crippen LogP contribution is -1.97. The minimum atomic E-state index is 0.251. The Morgan fingerprint density at radius 2 is 1.91 bits per heavy atom. The predicted molar refractivity (Wildman–Crippen MR) is 87.6 cm³/mol. The zero-order valence-electron chi connectivity index (χ0n) is 13.2. The van der Waals surface area contributed by atoms with Crippen LogP contribution in [0, 0.1) is 11.3 Å². The molecule has 1 aromatic carbocycles. The second-order valence-corrected chi connectivity index (χ2v) is 4.67. The first-order valence-corrected chi connectivity index (χ1v) is 6.93. The Bertz CT molecular complexity index is 805. The fourth-order valence-electron chi connectivity index (χ4n) is 2.29. The highest BCUT2D eigenvalue weighted by Gasteiger charge is 2.13. The number of methoxy groups -OCH3 is 2. The number of aromatic nitrogens is 1. The normalized spacial score (nSPS) is 10.3. The van der Waals surface area contributed by atoms with E-state index in [0.29, 0.717) is 22.6 Å². The van der Waals surface area contributed by atoms with E-state index >= 15 is 0 Å². The maximum Gasteiger partial charge on any atom is 0.231 e. The fraction of sp³-hybridized carbons (Fsp3) is 0.167. The number of pyridine rings is 1. The van der Waals surface area contributed by atoms with Gasteiger partial charge >= 0.3 is 0 Å². The largest absolute Gasteiger partial charge is 0.495 e. The highest BCUT2D eigenvalue weighted by molar-refractivity contribution is 5.86. The highest BCUT2D eigenvalue weighted by Crippen LogP contribution is 2.31. The number of aldehydes is 1. The van der Waals surface area contributed by atoms with Gasteiger partial charge in [0.25, 0.3) is 0 Å². The van der Waals surface area contributed by atoms with Gasteiger partial charge in [0, 0.05) is 11.1 Å². The summed E-state index contributed by atoms with van der Waals surface area (Å²) in [6, 6.07) is 8.96. The highest BCUT2D eigenvalue weighted by atomic mass is 16.5. The van der Waals surface area contributed by atoms with Crippen molar-refractivity contribution in [3.8, 4) is 29.0 Å². The van der Waals surface area contributed by atoms with Crippen molar-refractivity contribution in [2.75, 3.05) is 14.2 Å². The molecule has 1 heterocycles. The van der Waals surface area contributed by atoms with Gasteiger partial charge in [-0.1, -0.05) is 12.2 Å². The molecule has 0 radical (unpaired) electrons. The average molecular weight is 308 g/mol. The lowest BCUT2D eigenvalue weighted by Gasteiger charge is -2.12. The number of carbonyl (C=O) groups is 1. The molecule has 0 aliphatic carbocycles. The van der Waals surface area contributed by atoms with Crippen LogP contribution in [0.4, 0.5) is 0 Å². The molecule has 0 fully saturated rings. The molecule has 116 valence electrons. The lowest BCUT2D eigenvalue weighted by atomic mass is 10.0. The molecule has 0 spiro atoms. The molecule has 2 rings (SSSR count). The molecule has 0 amide bonds. The van der Waals surface area contributed by atoms with E-state index in [1.807, 2.05) is 31.2 Å². The van der Waals surface area contributed by atoms with Gasteiger partial charge in [-0.25, -0.2) is 4.98 Å². The van der Waals surface area contributed by atoms with Gasteiger partial charge < -0.3 is 9.47 Å². The standard InChI is InChI=1S/C18H16N2O3/c1-4-5-12-8-14(9-15(11-21)17(12)22-2)16-7-6-13(10-19)18(20-16)23-3/h4-9,11H,1-3H3/b5-4+. The second-order valence-electron chi connectivity index (χ2n) is 4.67. The SMILES string of the molecule is C/C=C/c1cc(-c2ccc(C#N)c(OC)n2)cc(C=O)c1OC. The number of hydrogen-bond acceptors (Lipinski definition) is 5. The van der Waals surface area contributed by atoms with E-state index in [2.05, 4.69) is 4.98 Å². The van der Waals surface area contributed by atoms with Crippen LogP contribution in [0.25, 0.3) is 17.3 Å². The summed E-state index contributed by atoms with van der Waals surface area (Å²) in [7, 11) is 2.99. The Kier molecular flexibility index (Phi) is 5.11. The van der Waals surface area contributed by atoms with Gasteiger partial charge in [-0.15, -0.1) is 0 Å². The molecule has 0 atom stereocenters. The van der Waals surface area contributed by atoms with Gasteiger partial charge in [0.15, 0.2) is 6.29 Å². The minimum Gasteiger partial charge on any atom is -0.495 e. The smallest absolute Gasteiger partial charge is 0.231 e. The number of benzene rings is 1. The first-order valence-electron chi connectivity index (χ1n) is 6.93. The van der Waals surface area contributed by atoms with Crippen molar-refractivity contribution < 1.29 is 14.3 Å². The van der Waals surface area contributed by atoms with Crippen LogP contribution in [-0.2, 0) is 0 Å². The van der Waals surface area contributed by atoms with Crippen LogP contribution >= 0.6 is 0 Å². The Hall–Kier alpha value is -3.13. The van der Waals surface area contributed by atoms with Gasteiger partial charge in [0.05, 0.1) is 25.5 Å². The fourth-order valence-corrected chi connectivity index (χ4v) is 2.29. The van der Waals surface area contributed by atoms with E-state index < -0.39 is 0 Å². The maximum atomic E-state index is 11.4.